The maximum Gasteiger partial charge on any atom is 0.122 e. The lowest BCUT2D eigenvalue weighted by Crippen LogP contribution is -2.35. The van der Waals surface area contributed by atoms with Crippen molar-refractivity contribution in [1.82, 2.24) is 5.32 Å². The predicted octanol–water partition coefficient (Wildman–Crippen LogP) is 4.81. The second kappa shape index (κ2) is 7.64. The van der Waals surface area contributed by atoms with Crippen LogP contribution in [0.1, 0.15) is 45.1 Å². The fourth-order valence-corrected chi connectivity index (χ4v) is 3.86. The van der Waals surface area contributed by atoms with E-state index in [1.807, 2.05) is 0 Å². The van der Waals surface area contributed by atoms with Crippen molar-refractivity contribution in [3.05, 3.63) is 28.2 Å². The summed E-state index contributed by atoms with van der Waals surface area (Å²) in [6.07, 6.45) is 6.49. The molecular formula is C18H28BrNO. The summed E-state index contributed by atoms with van der Waals surface area (Å²) in [7, 11) is 1.77. The Labute approximate surface area is 137 Å². The van der Waals surface area contributed by atoms with Crippen molar-refractivity contribution in [2.45, 2.75) is 46.0 Å². The van der Waals surface area contributed by atoms with Crippen LogP contribution in [0.3, 0.4) is 0 Å². The molecule has 21 heavy (non-hydrogen) atoms. The van der Waals surface area contributed by atoms with E-state index in [-0.39, 0.29) is 0 Å². The van der Waals surface area contributed by atoms with Crippen molar-refractivity contribution in [3.8, 4) is 5.75 Å². The summed E-state index contributed by atoms with van der Waals surface area (Å²) in [4.78, 5) is 0. The molecule has 0 bridgehead atoms. The Morgan fingerprint density at radius 3 is 2.62 bits per heavy atom. The molecule has 2 rings (SSSR count). The van der Waals surface area contributed by atoms with Crippen molar-refractivity contribution >= 4 is 15.9 Å². The van der Waals surface area contributed by atoms with Crippen LogP contribution in [0.15, 0.2) is 22.7 Å². The summed E-state index contributed by atoms with van der Waals surface area (Å²) in [5.74, 6) is 1.73. The molecule has 1 fully saturated rings. The van der Waals surface area contributed by atoms with E-state index in [0.717, 1.165) is 29.7 Å². The van der Waals surface area contributed by atoms with E-state index in [1.54, 1.807) is 7.11 Å². The van der Waals surface area contributed by atoms with E-state index in [1.165, 1.54) is 31.2 Å². The Hall–Kier alpha value is -0.540. The molecule has 1 aromatic rings. The van der Waals surface area contributed by atoms with E-state index in [9.17, 15) is 0 Å². The first-order chi connectivity index (χ1) is 10.0. The molecule has 3 heteroatoms. The highest BCUT2D eigenvalue weighted by molar-refractivity contribution is 9.10. The largest absolute Gasteiger partial charge is 0.496 e. The summed E-state index contributed by atoms with van der Waals surface area (Å²) < 4.78 is 6.70. The van der Waals surface area contributed by atoms with Crippen molar-refractivity contribution in [2.75, 3.05) is 20.2 Å². The second-order valence-corrected chi connectivity index (χ2v) is 7.78. The Morgan fingerprint density at radius 2 is 2.00 bits per heavy atom. The van der Waals surface area contributed by atoms with Crippen LogP contribution in [0.2, 0.25) is 0 Å². The van der Waals surface area contributed by atoms with Crippen LogP contribution < -0.4 is 10.1 Å². The van der Waals surface area contributed by atoms with Gasteiger partial charge >= 0.3 is 0 Å². The van der Waals surface area contributed by atoms with E-state index >= 15 is 0 Å². The quantitative estimate of drug-likeness (QED) is 0.759. The topological polar surface area (TPSA) is 21.3 Å². The predicted molar refractivity (Wildman–Crippen MR) is 93.0 cm³/mol. The van der Waals surface area contributed by atoms with Gasteiger partial charge in [0.1, 0.15) is 5.75 Å². The summed E-state index contributed by atoms with van der Waals surface area (Å²) >= 11 is 3.59. The highest BCUT2D eigenvalue weighted by atomic mass is 79.9. The van der Waals surface area contributed by atoms with Gasteiger partial charge < -0.3 is 10.1 Å². The van der Waals surface area contributed by atoms with Gasteiger partial charge in [0.2, 0.25) is 0 Å². The normalized spacial score (nSPS) is 17.4. The number of hydrogen-bond donors (Lipinski definition) is 1. The standard InChI is InChI=1S/C18H28BrNO/c1-14(2)12-20-13-18(8-4-5-9-18)11-15-10-16(19)6-7-17(15)21-3/h6-7,10,14,20H,4-5,8-9,11-13H2,1-3H3. The van der Waals surface area contributed by atoms with Crippen LogP contribution in [-0.2, 0) is 6.42 Å². The summed E-state index contributed by atoms with van der Waals surface area (Å²) in [5, 5.41) is 3.69. The average molecular weight is 354 g/mol. The first-order valence-electron chi connectivity index (χ1n) is 8.08. The zero-order chi connectivity index (χ0) is 15.3. The molecule has 1 saturated carbocycles. The molecule has 0 saturated heterocycles. The Morgan fingerprint density at radius 1 is 1.29 bits per heavy atom. The van der Waals surface area contributed by atoms with E-state index in [4.69, 9.17) is 4.74 Å². The SMILES string of the molecule is COc1ccc(Br)cc1CC1(CNCC(C)C)CCCC1. The summed E-state index contributed by atoms with van der Waals surface area (Å²) in [6.45, 7) is 6.77. The molecule has 0 unspecified atom stereocenters. The third-order valence-electron chi connectivity index (χ3n) is 4.52. The zero-order valence-electron chi connectivity index (χ0n) is 13.5. The van der Waals surface area contributed by atoms with Crippen molar-refractivity contribution in [2.24, 2.45) is 11.3 Å². The van der Waals surface area contributed by atoms with Crippen molar-refractivity contribution in [3.63, 3.8) is 0 Å². The second-order valence-electron chi connectivity index (χ2n) is 6.86. The van der Waals surface area contributed by atoms with Gasteiger partial charge in [0.05, 0.1) is 7.11 Å². The third-order valence-corrected chi connectivity index (χ3v) is 5.02. The molecule has 2 nitrogen and oxygen atoms in total. The number of benzene rings is 1. The van der Waals surface area contributed by atoms with Gasteiger partial charge in [-0.25, -0.2) is 0 Å². The molecule has 1 aliphatic carbocycles. The first kappa shape index (κ1) is 16.8. The molecule has 0 amide bonds. The molecule has 1 aromatic carbocycles. The lowest BCUT2D eigenvalue weighted by Gasteiger charge is -2.30. The molecule has 0 heterocycles. The summed E-state index contributed by atoms with van der Waals surface area (Å²) in [5.41, 5.74) is 1.74. The lowest BCUT2D eigenvalue weighted by molar-refractivity contribution is 0.269. The van der Waals surface area contributed by atoms with Crippen LogP contribution >= 0.6 is 15.9 Å². The number of hydrogen-bond acceptors (Lipinski definition) is 2. The Bertz CT molecular complexity index is 453. The highest BCUT2D eigenvalue weighted by Crippen LogP contribution is 2.42. The van der Waals surface area contributed by atoms with E-state index in [2.05, 4.69) is 53.3 Å². The van der Waals surface area contributed by atoms with Crippen LogP contribution in [0.4, 0.5) is 0 Å². The van der Waals surface area contributed by atoms with Gasteiger partial charge in [-0.2, -0.15) is 0 Å². The van der Waals surface area contributed by atoms with Gasteiger partial charge in [-0.15, -0.1) is 0 Å². The molecule has 118 valence electrons. The molecule has 0 radical (unpaired) electrons. The van der Waals surface area contributed by atoms with Crippen LogP contribution in [0.5, 0.6) is 5.75 Å². The number of halogens is 1. The number of ether oxygens (including phenoxy) is 1. The number of methoxy groups -OCH3 is 1. The first-order valence-corrected chi connectivity index (χ1v) is 8.87. The Balaban J connectivity index is 2.10. The van der Waals surface area contributed by atoms with Crippen molar-refractivity contribution < 1.29 is 4.74 Å². The lowest BCUT2D eigenvalue weighted by atomic mass is 9.79. The maximum absolute atomic E-state index is 5.56. The van der Waals surface area contributed by atoms with E-state index < -0.39 is 0 Å². The van der Waals surface area contributed by atoms with Crippen molar-refractivity contribution in [1.29, 1.82) is 0 Å². The molecule has 1 aliphatic rings. The molecule has 0 aliphatic heterocycles. The maximum atomic E-state index is 5.56. The van der Waals surface area contributed by atoms with Crippen LogP contribution in [0.25, 0.3) is 0 Å². The molecule has 0 atom stereocenters. The van der Waals surface area contributed by atoms with E-state index in [0.29, 0.717) is 11.3 Å². The fourth-order valence-electron chi connectivity index (χ4n) is 3.46. The minimum atomic E-state index is 0.406. The van der Waals surface area contributed by atoms with Gasteiger partial charge in [-0.05, 0) is 60.9 Å². The van der Waals surface area contributed by atoms with Gasteiger partial charge in [0, 0.05) is 11.0 Å². The third kappa shape index (κ3) is 4.72. The van der Waals surface area contributed by atoms with Crippen LogP contribution in [-0.4, -0.2) is 20.2 Å². The monoisotopic (exact) mass is 353 g/mol. The molecule has 1 N–H and O–H groups in total. The molecular weight excluding hydrogens is 326 g/mol. The Kier molecular flexibility index (Phi) is 6.12. The molecule has 0 aromatic heterocycles. The summed E-state index contributed by atoms with van der Waals surface area (Å²) in [6, 6.07) is 6.35. The number of nitrogens with one attached hydrogen (secondary N) is 1. The highest BCUT2D eigenvalue weighted by Gasteiger charge is 2.34. The molecule has 0 spiro atoms. The minimum absolute atomic E-state index is 0.406. The number of rotatable bonds is 7. The van der Waals surface area contributed by atoms with Gasteiger partial charge in [0.15, 0.2) is 0 Å². The fraction of sp³-hybridized carbons (Fsp3) is 0.667. The average Bonchev–Trinajstić information content (AvgIpc) is 2.87. The smallest absolute Gasteiger partial charge is 0.122 e. The van der Waals surface area contributed by atoms with Gasteiger partial charge in [-0.1, -0.05) is 42.6 Å². The zero-order valence-corrected chi connectivity index (χ0v) is 15.1. The van der Waals surface area contributed by atoms with Crippen LogP contribution in [0, 0.1) is 11.3 Å². The van der Waals surface area contributed by atoms with Gasteiger partial charge in [-0.3, -0.25) is 0 Å². The van der Waals surface area contributed by atoms with Gasteiger partial charge in [0.25, 0.3) is 0 Å². The minimum Gasteiger partial charge on any atom is -0.496 e.